The average molecular weight is 345 g/mol. The first-order valence-electron chi connectivity index (χ1n) is 8.17. The molecule has 0 saturated carbocycles. The molecule has 1 aromatic carbocycles. The van der Waals surface area contributed by atoms with Crippen LogP contribution in [-0.4, -0.2) is 42.8 Å². The molecule has 3 N–H and O–H groups in total. The highest BCUT2D eigenvalue weighted by atomic mass is 32.1. The van der Waals surface area contributed by atoms with Crippen LogP contribution in [0.5, 0.6) is 0 Å². The van der Waals surface area contributed by atoms with E-state index in [-0.39, 0.29) is 0 Å². The number of benzene rings is 1. The normalized spacial score (nSPS) is 18.5. The molecule has 0 radical (unpaired) electrons. The Kier molecular flexibility index (Phi) is 5.06. The average Bonchev–Trinajstić information content (AvgIpc) is 3.08. The van der Waals surface area contributed by atoms with E-state index in [1.165, 1.54) is 4.90 Å². The fourth-order valence-corrected chi connectivity index (χ4v) is 4.06. The van der Waals surface area contributed by atoms with Gasteiger partial charge in [-0.15, -0.1) is 11.3 Å². The number of thiophene rings is 1. The van der Waals surface area contributed by atoms with Gasteiger partial charge in [0.15, 0.2) is 0 Å². The van der Waals surface area contributed by atoms with Crippen molar-refractivity contribution in [2.75, 3.05) is 37.3 Å². The van der Waals surface area contributed by atoms with E-state index in [4.69, 9.17) is 5.73 Å². The van der Waals surface area contributed by atoms with Gasteiger partial charge in [0.1, 0.15) is 0 Å². The van der Waals surface area contributed by atoms with Gasteiger partial charge in [-0.25, -0.2) is 4.79 Å². The lowest BCUT2D eigenvalue weighted by Crippen LogP contribution is -2.41. The van der Waals surface area contributed by atoms with Gasteiger partial charge < -0.3 is 15.7 Å². The summed E-state index contributed by atoms with van der Waals surface area (Å²) in [5.74, 6) is 0.338. The molecule has 1 amide bonds. The lowest BCUT2D eigenvalue weighted by atomic mass is 9.97. The molecule has 6 heteroatoms. The van der Waals surface area contributed by atoms with E-state index in [2.05, 4.69) is 11.9 Å². The molecule has 0 spiro atoms. The van der Waals surface area contributed by atoms with Gasteiger partial charge >= 0.3 is 6.09 Å². The van der Waals surface area contributed by atoms with Crippen LogP contribution in [0.1, 0.15) is 12.8 Å². The third-order valence-corrected chi connectivity index (χ3v) is 5.44. The van der Waals surface area contributed by atoms with Gasteiger partial charge in [-0.2, -0.15) is 0 Å². The van der Waals surface area contributed by atoms with Crippen LogP contribution in [0.15, 0.2) is 35.7 Å². The Hall–Kier alpha value is -2.05. The number of nitrogens with two attached hydrogens (primary N) is 1. The first-order chi connectivity index (χ1) is 11.5. The monoisotopic (exact) mass is 345 g/mol. The fraction of sp³-hybridized carbons (Fsp3) is 0.389. The number of piperidine rings is 1. The quantitative estimate of drug-likeness (QED) is 0.827. The highest BCUT2D eigenvalue weighted by molar-refractivity contribution is 7.13. The zero-order valence-corrected chi connectivity index (χ0v) is 14.6. The molecule has 24 heavy (non-hydrogen) atoms. The van der Waals surface area contributed by atoms with Crippen molar-refractivity contribution in [1.29, 1.82) is 0 Å². The molecule has 1 aromatic heterocycles. The maximum atomic E-state index is 11.9. The van der Waals surface area contributed by atoms with Crippen LogP contribution in [0.4, 0.5) is 16.2 Å². The van der Waals surface area contributed by atoms with Crippen LogP contribution < -0.4 is 10.6 Å². The second-order valence-electron chi connectivity index (χ2n) is 6.41. The Labute approximate surface area is 146 Å². The number of rotatable bonds is 4. The van der Waals surface area contributed by atoms with Crippen LogP contribution in [-0.2, 0) is 0 Å². The number of anilines is 2. The van der Waals surface area contributed by atoms with Crippen molar-refractivity contribution < 1.29 is 9.90 Å². The highest BCUT2D eigenvalue weighted by Crippen LogP contribution is 2.33. The smallest absolute Gasteiger partial charge is 0.411 e. The number of amides is 1. The summed E-state index contributed by atoms with van der Waals surface area (Å²) in [6.07, 6.45) is 1.22. The van der Waals surface area contributed by atoms with E-state index >= 15 is 0 Å². The summed E-state index contributed by atoms with van der Waals surface area (Å²) in [6.45, 7) is 2.49. The second kappa shape index (κ2) is 7.23. The van der Waals surface area contributed by atoms with E-state index in [1.807, 2.05) is 29.6 Å². The summed E-state index contributed by atoms with van der Waals surface area (Å²) in [7, 11) is 2.09. The highest BCUT2D eigenvalue weighted by Gasteiger charge is 2.25. The van der Waals surface area contributed by atoms with Crippen LogP contribution in [0, 0.1) is 5.92 Å². The molecule has 2 heterocycles. The molecule has 5 nitrogen and oxygen atoms in total. The number of nitrogens with zero attached hydrogens (tertiary/aromatic N) is 2. The van der Waals surface area contributed by atoms with E-state index in [0.717, 1.165) is 36.4 Å². The molecule has 0 bridgehead atoms. The van der Waals surface area contributed by atoms with Crippen molar-refractivity contribution in [1.82, 2.24) is 4.90 Å². The molecule has 1 atom stereocenters. The van der Waals surface area contributed by atoms with E-state index in [0.29, 0.717) is 23.8 Å². The van der Waals surface area contributed by atoms with E-state index < -0.39 is 6.09 Å². The fourth-order valence-electron chi connectivity index (χ4n) is 3.33. The maximum Gasteiger partial charge on any atom is 0.411 e. The number of likely N-dealkylation sites (tertiary alicyclic amines) is 1. The summed E-state index contributed by atoms with van der Waals surface area (Å²) in [5, 5.41) is 11.7. The van der Waals surface area contributed by atoms with Gasteiger partial charge in [-0.05, 0) is 61.5 Å². The topological polar surface area (TPSA) is 69.8 Å². The predicted molar refractivity (Wildman–Crippen MR) is 99.8 cm³/mol. The first kappa shape index (κ1) is 16.8. The summed E-state index contributed by atoms with van der Waals surface area (Å²) in [5.41, 5.74) is 8.19. The second-order valence-corrected chi connectivity index (χ2v) is 7.36. The summed E-state index contributed by atoms with van der Waals surface area (Å²) < 4.78 is 0. The van der Waals surface area contributed by atoms with Gasteiger partial charge in [-0.1, -0.05) is 12.1 Å². The lowest BCUT2D eigenvalue weighted by molar-refractivity contribution is 0.189. The van der Waals surface area contributed by atoms with Gasteiger partial charge in [0, 0.05) is 18.0 Å². The SMILES string of the molecule is CN1CCCC(CN(C(=O)O)c2cc(-c3cccs3)ccc2N)C1. The lowest BCUT2D eigenvalue weighted by Gasteiger charge is -2.33. The molecule has 1 unspecified atom stereocenters. The predicted octanol–water partition coefficient (Wildman–Crippen LogP) is 3.82. The largest absolute Gasteiger partial charge is 0.465 e. The Morgan fingerprint density at radius 3 is 2.96 bits per heavy atom. The minimum absolute atomic E-state index is 0.338. The Morgan fingerprint density at radius 1 is 1.46 bits per heavy atom. The Balaban J connectivity index is 1.87. The van der Waals surface area contributed by atoms with Gasteiger partial charge in [0.2, 0.25) is 0 Å². The zero-order valence-electron chi connectivity index (χ0n) is 13.8. The first-order valence-corrected chi connectivity index (χ1v) is 9.05. The number of carbonyl (C=O) groups is 1. The Morgan fingerprint density at radius 2 is 2.29 bits per heavy atom. The molecule has 1 fully saturated rings. The minimum atomic E-state index is -0.946. The van der Waals surface area contributed by atoms with Crippen LogP contribution in [0.25, 0.3) is 10.4 Å². The van der Waals surface area contributed by atoms with Crippen molar-refractivity contribution in [3.63, 3.8) is 0 Å². The third kappa shape index (κ3) is 3.71. The number of carboxylic acid groups (broad SMARTS) is 1. The Bertz CT molecular complexity index is 702. The molecule has 3 rings (SSSR count). The molecule has 128 valence electrons. The van der Waals surface area contributed by atoms with Crippen LogP contribution in [0.2, 0.25) is 0 Å². The van der Waals surface area contributed by atoms with Crippen molar-refractivity contribution in [2.45, 2.75) is 12.8 Å². The third-order valence-electron chi connectivity index (χ3n) is 4.52. The van der Waals surface area contributed by atoms with Gasteiger partial charge in [-0.3, -0.25) is 4.90 Å². The number of hydrogen-bond acceptors (Lipinski definition) is 4. The summed E-state index contributed by atoms with van der Waals surface area (Å²) in [6, 6.07) is 9.65. The van der Waals surface area contributed by atoms with Crippen molar-refractivity contribution in [3.8, 4) is 10.4 Å². The van der Waals surface area contributed by atoms with Crippen LogP contribution in [0.3, 0.4) is 0 Å². The van der Waals surface area contributed by atoms with Gasteiger partial charge in [0.25, 0.3) is 0 Å². The summed E-state index contributed by atoms with van der Waals surface area (Å²) in [4.78, 5) is 16.7. The standard InChI is InChI=1S/C18H23N3O2S/c1-20-8-2-4-13(11-20)12-21(18(22)23)16-10-14(6-7-15(16)19)17-5-3-9-24-17/h3,5-7,9-10,13H,2,4,8,11-12,19H2,1H3,(H,22,23). The number of hydrogen-bond donors (Lipinski definition) is 2. The minimum Gasteiger partial charge on any atom is -0.465 e. The molecule has 1 aliphatic rings. The molecule has 1 aliphatic heterocycles. The maximum absolute atomic E-state index is 11.9. The molecule has 1 saturated heterocycles. The summed E-state index contributed by atoms with van der Waals surface area (Å²) >= 11 is 1.63. The molecule has 2 aromatic rings. The van der Waals surface area contributed by atoms with Crippen molar-refractivity contribution in [3.05, 3.63) is 35.7 Å². The molecule has 0 aliphatic carbocycles. The van der Waals surface area contributed by atoms with Crippen molar-refractivity contribution in [2.24, 2.45) is 5.92 Å². The number of nitrogen functional groups attached to an aromatic ring is 1. The van der Waals surface area contributed by atoms with Crippen molar-refractivity contribution >= 4 is 28.8 Å². The van der Waals surface area contributed by atoms with Crippen LogP contribution >= 0.6 is 11.3 Å². The molecular formula is C18H23N3O2S. The zero-order chi connectivity index (χ0) is 17.1. The van der Waals surface area contributed by atoms with E-state index in [9.17, 15) is 9.90 Å². The van der Waals surface area contributed by atoms with Gasteiger partial charge in [0.05, 0.1) is 11.4 Å². The molecular weight excluding hydrogens is 322 g/mol. The van der Waals surface area contributed by atoms with E-state index in [1.54, 1.807) is 17.4 Å².